The predicted molar refractivity (Wildman–Crippen MR) is 61.6 cm³/mol. The number of methoxy groups -OCH3 is 1. The zero-order chi connectivity index (χ0) is 13.2. The summed E-state index contributed by atoms with van der Waals surface area (Å²) in [5.74, 6) is 0.697. The molecule has 0 aliphatic carbocycles. The Balaban J connectivity index is 2.22. The quantitative estimate of drug-likeness (QED) is 0.788. The maximum absolute atomic E-state index is 9.41. The highest BCUT2D eigenvalue weighted by Crippen LogP contribution is 2.34. The molecule has 0 bridgehead atoms. The van der Waals surface area contributed by atoms with Gasteiger partial charge in [0.2, 0.25) is 11.7 Å². The Bertz CT molecular complexity index is 387. The molecule has 0 saturated carbocycles. The van der Waals surface area contributed by atoms with Crippen LogP contribution in [0.2, 0.25) is 0 Å². The van der Waals surface area contributed by atoms with Gasteiger partial charge in [-0.2, -0.15) is 4.98 Å². The number of rotatable bonds is 4. The van der Waals surface area contributed by atoms with Crippen molar-refractivity contribution in [2.24, 2.45) is 5.73 Å². The monoisotopic (exact) mass is 257 g/mol. The Kier molecular flexibility index (Phi) is 3.96. The minimum absolute atomic E-state index is 0.225. The van der Waals surface area contributed by atoms with E-state index >= 15 is 0 Å². The van der Waals surface area contributed by atoms with E-state index in [9.17, 15) is 5.11 Å². The van der Waals surface area contributed by atoms with E-state index in [2.05, 4.69) is 10.1 Å². The second kappa shape index (κ2) is 5.31. The molecule has 18 heavy (non-hydrogen) atoms. The van der Waals surface area contributed by atoms with Gasteiger partial charge in [0.25, 0.3) is 0 Å². The van der Waals surface area contributed by atoms with Crippen molar-refractivity contribution >= 4 is 0 Å². The lowest BCUT2D eigenvalue weighted by Crippen LogP contribution is -2.36. The van der Waals surface area contributed by atoms with E-state index in [4.69, 9.17) is 19.7 Å². The molecule has 0 spiro atoms. The smallest absolute Gasteiger partial charge is 0.246 e. The van der Waals surface area contributed by atoms with Crippen LogP contribution >= 0.6 is 0 Å². The van der Waals surface area contributed by atoms with Gasteiger partial charge in [0, 0.05) is 33.2 Å². The standard InChI is InChI=1S/C11H19N3O4/c1-7(15)8(12)9-13-10(14-18-9)11(16-2)3-5-17-6-4-11/h7-8,15H,3-6,12H2,1-2H3/t7-,8+/m1/s1. The highest BCUT2D eigenvalue weighted by atomic mass is 16.5. The van der Waals surface area contributed by atoms with Crippen molar-refractivity contribution < 1.29 is 19.1 Å². The minimum Gasteiger partial charge on any atom is -0.391 e. The SMILES string of the molecule is COC1(c2noc([C@@H](N)[C@@H](C)O)n2)CCOCC1. The van der Waals surface area contributed by atoms with Gasteiger partial charge in [-0.05, 0) is 6.92 Å². The van der Waals surface area contributed by atoms with Crippen molar-refractivity contribution in [2.75, 3.05) is 20.3 Å². The van der Waals surface area contributed by atoms with Gasteiger partial charge in [0.1, 0.15) is 11.6 Å². The van der Waals surface area contributed by atoms with Crippen LogP contribution in [0.3, 0.4) is 0 Å². The van der Waals surface area contributed by atoms with E-state index in [-0.39, 0.29) is 5.89 Å². The zero-order valence-corrected chi connectivity index (χ0v) is 10.6. The summed E-state index contributed by atoms with van der Waals surface area (Å²) >= 11 is 0. The number of hydrogen-bond acceptors (Lipinski definition) is 7. The Morgan fingerprint density at radius 2 is 2.11 bits per heavy atom. The third-order valence-electron chi connectivity index (χ3n) is 3.35. The summed E-state index contributed by atoms with van der Waals surface area (Å²) in [7, 11) is 1.62. The highest BCUT2D eigenvalue weighted by Gasteiger charge is 2.39. The molecule has 3 N–H and O–H groups in total. The molecular weight excluding hydrogens is 238 g/mol. The van der Waals surface area contributed by atoms with Gasteiger partial charge in [-0.25, -0.2) is 0 Å². The molecule has 7 heteroatoms. The second-order valence-electron chi connectivity index (χ2n) is 4.53. The summed E-state index contributed by atoms with van der Waals surface area (Å²) in [6, 6.07) is -0.681. The molecule has 0 aromatic carbocycles. The summed E-state index contributed by atoms with van der Waals surface area (Å²) in [5, 5.41) is 13.3. The Morgan fingerprint density at radius 3 is 2.67 bits per heavy atom. The van der Waals surface area contributed by atoms with Crippen LogP contribution in [0.5, 0.6) is 0 Å². The lowest BCUT2D eigenvalue weighted by Gasteiger charge is -2.32. The fourth-order valence-electron chi connectivity index (χ4n) is 1.98. The Morgan fingerprint density at radius 1 is 1.44 bits per heavy atom. The van der Waals surface area contributed by atoms with E-state index in [0.29, 0.717) is 31.9 Å². The number of ether oxygens (including phenoxy) is 2. The van der Waals surface area contributed by atoms with Gasteiger partial charge in [0.05, 0.1) is 6.10 Å². The topological polar surface area (TPSA) is 104 Å². The lowest BCUT2D eigenvalue weighted by molar-refractivity contribution is -0.101. The summed E-state index contributed by atoms with van der Waals surface area (Å²) in [4.78, 5) is 4.25. The molecule has 2 rings (SSSR count). The van der Waals surface area contributed by atoms with Crippen LogP contribution in [0.1, 0.15) is 37.5 Å². The third kappa shape index (κ3) is 2.39. The fraction of sp³-hybridized carbons (Fsp3) is 0.818. The van der Waals surface area contributed by atoms with Crippen molar-refractivity contribution in [3.8, 4) is 0 Å². The first-order chi connectivity index (χ1) is 8.59. The maximum atomic E-state index is 9.41. The van der Waals surface area contributed by atoms with E-state index in [0.717, 1.165) is 0 Å². The predicted octanol–water partition coefficient (Wildman–Crippen LogP) is 0.102. The van der Waals surface area contributed by atoms with Crippen molar-refractivity contribution in [3.05, 3.63) is 11.7 Å². The molecule has 0 unspecified atom stereocenters. The lowest BCUT2D eigenvalue weighted by atomic mass is 9.93. The van der Waals surface area contributed by atoms with Crippen LogP contribution in [0, 0.1) is 0 Å². The Labute approximate surface area is 105 Å². The Hall–Kier alpha value is -1.02. The minimum atomic E-state index is -0.744. The molecule has 1 aromatic rings. The summed E-state index contributed by atoms with van der Waals surface area (Å²) in [6.45, 7) is 2.77. The van der Waals surface area contributed by atoms with Gasteiger partial charge < -0.3 is 24.8 Å². The average Bonchev–Trinajstić information content (AvgIpc) is 2.88. The number of aromatic nitrogens is 2. The molecule has 1 aliphatic rings. The van der Waals surface area contributed by atoms with Crippen molar-refractivity contribution in [1.82, 2.24) is 10.1 Å². The van der Waals surface area contributed by atoms with E-state index in [1.54, 1.807) is 14.0 Å². The van der Waals surface area contributed by atoms with Crippen LogP contribution < -0.4 is 5.73 Å². The van der Waals surface area contributed by atoms with Gasteiger partial charge in [-0.3, -0.25) is 0 Å². The molecule has 2 atom stereocenters. The van der Waals surface area contributed by atoms with E-state index in [1.807, 2.05) is 0 Å². The molecule has 102 valence electrons. The molecule has 7 nitrogen and oxygen atoms in total. The summed E-state index contributed by atoms with van der Waals surface area (Å²) < 4.78 is 16.0. The molecule has 1 aromatic heterocycles. The molecule has 1 saturated heterocycles. The van der Waals surface area contributed by atoms with Crippen LogP contribution in [0.25, 0.3) is 0 Å². The molecule has 1 fully saturated rings. The number of nitrogens with zero attached hydrogens (tertiary/aromatic N) is 2. The zero-order valence-electron chi connectivity index (χ0n) is 10.6. The van der Waals surface area contributed by atoms with E-state index < -0.39 is 17.7 Å². The number of nitrogens with two attached hydrogens (primary N) is 1. The van der Waals surface area contributed by atoms with Crippen LogP contribution in [-0.4, -0.2) is 41.7 Å². The van der Waals surface area contributed by atoms with Gasteiger partial charge >= 0.3 is 0 Å². The fourth-order valence-corrected chi connectivity index (χ4v) is 1.98. The van der Waals surface area contributed by atoms with Gasteiger partial charge in [0.15, 0.2) is 0 Å². The van der Waals surface area contributed by atoms with Gasteiger partial charge in [-0.1, -0.05) is 5.16 Å². The maximum Gasteiger partial charge on any atom is 0.246 e. The average molecular weight is 257 g/mol. The number of hydrogen-bond donors (Lipinski definition) is 2. The van der Waals surface area contributed by atoms with Crippen molar-refractivity contribution in [3.63, 3.8) is 0 Å². The van der Waals surface area contributed by atoms with Crippen molar-refractivity contribution in [2.45, 2.75) is 37.5 Å². The molecule has 0 amide bonds. The molecule has 0 radical (unpaired) electrons. The van der Waals surface area contributed by atoms with Gasteiger partial charge in [-0.15, -0.1) is 0 Å². The second-order valence-corrected chi connectivity index (χ2v) is 4.53. The summed E-state index contributed by atoms with van der Waals surface area (Å²) in [5.41, 5.74) is 5.18. The number of aliphatic hydroxyl groups excluding tert-OH is 1. The van der Waals surface area contributed by atoms with Crippen LogP contribution in [-0.2, 0) is 15.1 Å². The van der Waals surface area contributed by atoms with Crippen LogP contribution in [0.15, 0.2) is 4.52 Å². The third-order valence-corrected chi connectivity index (χ3v) is 3.35. The van der Waals surface area contributed by atoms with Crippen LogP contribution in [0.4, 0.5) is 0 Å². The van der Waals surface area contributed by atoms with E-state index in [1.165, 1.54) is 0 Å². The largest absolute Gasteiger partial charge is 0.391 e. The first kappa shape index (κ1) is 13.4. The molecule has 2 heterocycles. The molecule has 1 aliphatic heterocycles. The first-order valence-corrected chi connectivity index (χ1v) is 6.00. The summed E-state index contributed by atoms with van der Waals surface area (Å²) in [6.07, 6.45) is 0.602. The normalized spacial score (nSPS) is 22.7. The van der Waals surface area contributed by atoms with Crippen molar-refractivity contribution in [1.29, 1.82) is 0 Å². The highest BCUT2D eigenvalue weighted by molar-refractivity contribution is 5.05. The number of aliphatic hydroxyl groups is 1. The first-order valence-electron chi connectivity index (χ1n) is 6.00. The molecular formula is C11H19N3O4.